The third-order valence-corrected chi connectivity index (χ3v) is 3.99. The quantitative estimate of drug-likeness (QED) is 0.785. The summed E-state index contributed by atoms with van der Waals surface area (Å²) in [6.45, 7) is 2.02. The number of hydrogen-bond donors (Lipinski definition) is 1. The Morgan fingerprint density at radius 3 is 2.47 bits per heavy atom. The highest BCUT2D eigenvalue weighted by molar-refractivity contribution is 6.26. The molecule has 0 aromatic heterocycles. The molecule has 1 amide bonds. The molecule has 0 saturated heterocycles. The Morgan fingerprint density at radius 2 is 2.07 bits per heavy atom. The van der Waals surface area contributed by atoms with Gasteiger partial charge < -0.3 is 5.73 Å². The minimum atomic E-state index is -0.525. The van der Waals surface area contributed by atoms with Gasteiger partial charge in [-0.15, -0.1) is 11.6 Å². The zero-order valence-electron chi connectivity index (χ0n) is 8.61. The smallest absolute Gasteiger partial charge is 0.225 e. The molecule has 0 radical (unpaired) electrons. The lowest BCUT2D eigenvalue weighted by atomic mass is 9.84. The van der Waals surface area contributed by atoms with Gasteiger partial charge in [0.25, 0.3) is 0 Å². The number of nitrogens with two attached hydrogens (primary N) is 1. The van der Waals surface area contributed by atoms with E-state index in [1.807, 2.05) is 37.3 Å². The minimum Gasteiger partial charge on any atom is -0.369 e. The summed E-state index contributed by atoms with van der Waals surface area (Å²) < 4.78 is 0. The molecular formula is C12H14ClNO. The van der Waals surface area contributed by atoms with E-state index in [1.54, 1.807) is 0 Å². The van der Waals surface area contributed by atoms with Gasteiger partial charge in [-0.1, -0.05) is 37.3 Å². The van der Waals surface area contributed by atoms with Gasteiger partial charge >= 0.3 is 0 Å². The van der Waals surface area contributed by atoms with E-state index in [1.165, 1.54) is 0 Å². The Kier molecular flexibility index (Phi) is 2.47. The molecule has 1 saturated carbocycles. The standard InChI is InChI=1S/C12H14ClNO/c1-8(9-5-3-2-4-6-9)12(11(14)15)7-10(12)13/h2-6,8,10H,7H2,1H3,(H2,14,15)/t8-,10?,12?/m1/s1. The zero-order valence-corrected chi connectivity index (χ0v) is 9.37. The molecule has 0 heterocycles. The highest BCUT2D eigenvalue weighted by Crippen LogP contribution is 2.58. The van der Waals surface area contributed by atoms with Crippen LogP contribution in [0.25, 0.3) is 0 Å². The second-order valence-corrected chi connectivity index (χ2v) is 4.74. The maximum absolute atomic E-state index is 11.4. The first-order valence-electron chi connectivity index (χ1n) is 5.08. The van der Waals surface area contributed by atoms with Crippen molar-refractivity contribution < 1.29 is 4.79 Å². The van der Waals surface area contributed by atoms with Crippen LogP contribution in [-0.2, 0) is 4.79 Å². The van der Waals surface area contributed by atoms with Gasteiger partial charge in [0.15, 0.2) is 0 Å². The fraction of sp³-hybridized carbons (Fsp3) is 0.417. The highest BCUT2D eigenvalue weighted by atomic mass is 35.5. The van der Waals surface area contributed by atoms with Gasteiger partial charge in [-0.25, -0.2) is 0 Å². The van der Waals surface area contributed by atoms with Crippen LogP contribution in [0.15, 0.2) is 30.3 Å². The summed E-state index contributed by atoms with van der Waals surface area (Å²) in [5, 5.41) is -0.106. The lowest BCUT2D eigenvalue weighted by Crippen LogP contribution is -2.31. The van der Waals surface area contributed by atoms with E-state index in [9.17, 15) is 4.79 Å². The average Bonchev–Trinajstić information content (AvgIpc) is 2.92. The lowest BCUT2D eigenvalue weighted by Gasteiger charge is -2.21. The van der Waals surface area contributed by atoms with Crippen LogP contribution in [0.4, 0.5) is 0 Å². The van der Waals surface area contributed by atoms with Crippen LogP contribution in [0.2, 0.25) is 0 Å². The van der Waals surface area contributed by atoms with E-state index in [0.717, 1.165) is 5.56 Å². The monoisotopic (exact) mass is 223 g/mol. The summed E-state index contributed by atoms with van der Waals surface area (Å²) in [6, 6.07) is 9.91. The molecule has 3 heteroatoms. The molecule has 2 N–H and O–H groups in total. The van der Waals surface area contributed by atoms with Crippen molar-refractivity contribution in [1.29, 1.82) is 0 Å². The fourth-order valence-corrected chi connectivity index (χ4v) is 2.74. The molecule has 3 atom stereocenters. The summed E-state index contributed by atoms with van der Waals surface area (Å²) in [4.78, 5) is 11.4. The van der Waals surface area contributed by atoms with Crippen LogP contribution in [0, 0.1) is 5.41 Å². The first kappa shape index (κ1) is 10.5. The average molecular weight is 224 g/mol. The lowest BCUT2D eigenvalue weighted by molar-refractivity contribution is -0.123. The predicted molar refractivity (Wildman–Crippen MR) is 60.7 cm³/mol. The van der Waals surface area contributed by atoms with Crippen molar-refractivity contribution in [2.45, 2.75) is 24.6 Å². The van der Waals surface area contributed by atoms with E-state index in [2.05, 4.69) is 0 Å². The maximum Gasteiger partial charge on any atom is 0.225 e. The molecule has 2 nitrogen and oxygen atoms in total. The topological polar surface area (TPSA) is 43.1 Å². The molecule has 1 aliphatic carbocycles. The van der Waals surface area contributed by atoms with Crippen molar-refractivity contribution in [3.8, 4) is 0 Å². The number of alkyl halides is 1. The molecule has 15 heavy (non-hydrogen) atoms. The highest BCUT2D eigenvalue weighted by Gasteiger charge is 2.61. The number of carbonyl (C=O) groups is 1. The third kappa shape index (κ3) is 1.53. The normalized spacial score (nSPS) is 30.9. The molecule has 1 fully saturated rings. The van der Waals surface area contributed by atoms with E-state index >= 15 is 0 Å². The SMILES string of the molecule is C[C@H](c1ccccc1)C1(C(N)=O)CC1Cl. The molecule has 1 aromatic carbocycles. The Balaban J connectivity index is 2.29. The maximum atomic E-state index is 11.4. The van der Waals surface area contributed by atoms with Crippen LogP contribution < -0.4 is 5.73 Å². The van der Waals surface area contributed by atoms with Gasteiger partial charge in [-0.05, 0) is 17.9 Å². The Bertz CT molecular complexity index is 378. The zero-order chi connectivity index (χ0) is 11.1. The van der Waals surface area contributed by atoms with Crippen LogP contribution in [0.3, 0.4) is 0 Å². The summed E-state index contributed by atoms with van der Waals surface area (Å²) in [6.07, 6.45) is 0.694. The van der Waals surface area contributed by atoms with Crippen molar-refractivity contribution in [3.05, 3.63) is 35.9 Å². The van der Waals surface area contributed by atoms with Gasteiger partial charge in [-0.2, -0.15) is 0 Å². The third-order valence-electron chi connectivity index (χ3n) is 3.45. The van der Waals surface area contributed by atoms with E-state index in [4.69, 9.17) is 17.3 Å². The molecular weight excluding hydrogens is 210 g/mol. The number of primary amides is 1. The van der Waals surface area contributed by atoms with Crippen molar-refractivity contribution >= 4 is 17.5 Å². The van der Waals surface area contributed by atoms with E-state index in [-0.39, 0.29) is 17.2 Å². The second kappa shape index (κ2) is 3.53. The van der Waals surface area contributed by atoms with Gasteiger partial charge in [0, 0.05) is 5.38 Å². The number of benzene rings is 1. The van der Waals surface area contributed by atoms with Gasteiger partial charge in [0.2, 0.25) is 5.91 Å². The molecule has 1 aliphatic rings. The van der Waals surface area contributed by atoms with Crippen LogP contribution in [-0.4, -0.2) is 11.3 Å². The first-order valence-corrected chi connectivity index (χ1v) is 5.51. The molecule has 2 rings (SSSR count). The van der Waals surface area contributed by atoms with Gasteiger partial charge in [0.05, 0.1) is 5.41 Å². The van der Waals surface area contributed by atoms with Gasteiger partial charge in [0.1, 0.15) is 0 Å². The van der Waals surface area contributed by atoms with E-state index < -0.39 is 5.41 Å². The number of hydrogen-bond acceptors (Lipinski definition) is 1. The summed E-state index contributed by atoms with van der Waals surface area (Å²) in [7, 11) is 0. The second-order valence-electron chi connectivity index (χ2n) is 4.21. The van der Waals surface area contributed by atoms with Crippen molar-refractivity contribution in [3.63, 3.8) is 0 Å². The summed E-state index contributed by atoms with van der Waals surface area (Å²) in [5.74, 6) is -0.183. The summed E-state index contributed by atoms with van der Waals surface area (Å²) in [5.41, 5.74) is 6.04. The van der Waals surface area contributed by atoms with Crippen LogP contribution >= 0.6 is 11.6 Å². The van der Waals surface area contributed by atoms with Gasteiger partial charge in [-0.3, -0.25) is 4.79 Å². The molecule has 80 valence electrons. The molecule has 1 aromatic rings. The van der Waals surface area contributed by atoms with Crippen LogP contribution in [0.5, 0.6) is 0 Å². The van der Waals surface area contributed by atoms with Crippen molar-refractivity contribution in [2.24, 2.45) is 11.1 Å². The molecule has 0 spiro atoms. The minimum absolute atomic E-state index is 0.0960. The number of halogens is 1. The number of rotatable bonds is 3. The first-order chi connectivity index (χ1) is 7.09. The largest absolute Gasteiger partial charge is 0.369 e. The molecule has 2 unspecified atom stereocenters. The van der Waals surface area contributed by atoms with Crippen molar-refractivity contribution in [1.82, 2.24) is 0 Å². The molecule has 0 aliphatic heterocycles. The number of amides is 1. The van der Waals surface area contributed by atoms with Crippen molar-refractivity contribution in [2.75, 3.05) is 0 Å². The Morgan fingerprint density at radius 1 is 1.53 bits per heavy atom. The predicted octanol–water partition coefficient (Wildman–Crippen LogP) is 2.27. The Hall–Kier alpha value is -1.02. The van der Waals surface area contributed by atoms with E-state index in [0.29, 0.717) is 6.42 Å². The Labute approximate surface area is 94.4 Å². The van der Waals surface area contributed by atoms with Crippen LogP contribution in [0.1, 0.15) is 24.8 Å². The number of carbonyl (C=O) groups excluding carboxylic acids is 1. The molecule has 0 bridgehead atoms. The fourth-order valence-electron chi connectivity index (χ4n) is 2.19. The summed E-state index contributed by atoms with van der Waals surface area (Å²) >= 11 is 6.05.